The van der Waals surface area contributed by atoms with Gasteiger partial charge in [-0.25, -0.2) is 14.2 Å². The van der Waals surface area contributed by atoms with Crippen LogP contribution in [0.4, 0.5) is 10.1 Å². The summed E-state index contributed by atoms with van der Waals surface area (Å²) in [6.45, 7) is 1.83. The van der Waals surface area contributed by atoms with E-state index in [9.17, 15) is 14.0 Å². The van der Waals surface area contributed by atoms with E-state index < -0.39 is 17.7 Å². The van der Waals surface area contributed by atoms with Gasteiger partial charge in [0, 0.05) is 5.38 Å². The Hall–Kier alpha value is -2.28. The van der Waals surface area contributed by atoms with Gasteiger partial charge in [-0.2, -0.15) is 0 Å². The number of benzene rings is 1. The average Bonchev–Trinajstić information content (AvgIpc) is 2.77. The highest BCUT2D eigenvalue weighted by Gasteiger charge is 2.12. The van der Waals surface area contributed by atoms with E-state index in [0.717, 1.165) is 11.1 Å². The van der Waals surface area contributed by atoms with Gasteiger partial charge < -0.3 is 10.4 Å². The van der Waals surface area contributed by atoms with E-state index in [0.29, 0.717) is 5.69 Å². The van der Waals surface area contributed by atoms with Crippen LogP contribution in [0.2, 0.25) is 0 Å². The molecule has 0 fully saturated rings. The number of carbonyl (C=O) groups is 2. The van der Waals surface area contributed by atoms with Crippen molar-refractivity contribution in [3.05, 3.63) is 45.7 Å². The summed E-state index contributed by atoms with van der Waals surface area (Å²) in [5.74, 6) is -2.41. The number of hydrogen-bond donors (Lipinski definition) is 2. The summed E-state index contributed by atoms with van der Waals surface area (Å²) in [5, 5.41) is 13.7. The van der Waals surface area contributed by atoms with Crippen LogP contribution in [0.15, 0.2) is 23.6 Å². The molecule has 0 saturated carbocycles. The van der Waals surface area contributed by atoms with Gasteiger partial charge in [-0.1, -0.05) is 0 Å². The van der Waals surface area contributed by atoms with Crippen molar-refractivity contribution in [2.45, 2.75) is 13.3 Å². The van der Waals surface area contributed by atoms with Crippen LogP contribution in [0.3, 0.4) is 0 Å². The third-order valence-corrected chi connectivity index (χ3v) is 3.32. The molecule has 0 spiro atoms. The number of nitrogens with zero attached hydrogens (tertiary/aromatic N) is 1. The summed E-state index contributed by atoms with van der Waals surface area (Å²) in [7, 11) is 0. The lowest BCUT2D eigenvalue weighted by atomic mass is 10.2. The minimum Gasteiger partial charge on any atom is -0.478 e. The number of halogens is 1. The number of carboxylic acids is 1. The number of aromatic carboxylic acids is 1. The molecule has 0 aliphatic heterocycles. The SMILES string of the molecule is Cc1nc(CC(=O)Nc2ccc(C(=O)O)cc2F)cs1. The van der Waals surface area contributed by atoms with Crippen LogP contribution in [-0.2, 0) is 11.2 Å². The van der Waals surface area contributed by atoms with Gasteiger partial charge in [0.25, 0.3) is 0 Å². The number of nitrogens with one attached hydrogen (secondary N) is 1. The summed E-state index contributed by atoms with van der Waals surface area (Å²) < 4.78 is 13.6. The molecular weight excluding hydrogens is 283 g/mol. The smallest absolute Gasteiger partial charge is 0.335 e. The molecule has 0 aliphatic rings. The molecule has 1 heterocycles. The lowest BCUT2D eigenvalue weighted by Gasteiger charge is -2.06. The summed E-state index contributed by atoms with van der Waals surface area (Å²) >= 11 is 1.43. The van der Waals surface area contributed by atoms with E-state index in [1.165, 1.54) is 23.5 Å². The maximum Gasteiger partial charge on any atom is 0.335 e. The molecule has 0 saturated heterocycles. The Morgan fingerprint density at radius 3 is 2.75 bits per heavy atom. The van der Waals surface area contributed by atoms with Gasteiger partial charge in [-0.15, -0.1) is 11.3 Å². The van der Waals surface area contributed by atoms with Crippen molar-refractivity contribution in [3.63, 3.8) is 0 Å². The van der Waals surface area contributed by atoms with Gasteiger partial charge in [0.15, 0.2) is 0 Å². The molecule has 2 N–H and O–H groups in total. The molecule has 7 heteroatoms. The Morgan fingerprint density at radius 1 is 1.45 bits per heavy atom. The molecular formula is C13H11FN2O3S. The van der Waals surface area contributed by atoms with Crippen LogP contribution in [0.25, 0.3) is 0 Å². The van der Waals surface area contributed by atoms with Gasteiger partial charge >= 0.3 is 5.97 Å². The van der Waals surface area contributed by atoms with E-state index in [-0.39, 0.29) is 17.7 Å². The third kappa shape index (κ3) is 3.39. The van der Waals surface area contributed by atoms with E-state index >= 15 is 0 Å². The highest BCUT2D eigenvalue weighted by Crippen LogP contribution is 2.16. The van der Waals surface area contributed by atoms with Gasteiger partial charge in [-0.05, 0) is 25.1 Å². The number of thiazole rings is 1. The van der Waals surface area contributed by atoms with Crippen LogP contribution >= 0.6 is 11.3 Å². The Bertz CT molecular complexity index is 669. The van der Waals surface area contributed by atoms with Crippen LogP contribution in [0, 0.1) is 12.7 Å². The third-order valence-electron chi connectivity index (χ3n) is 2.50. The molecule has 0 atom stereocenters. The van der Waals surface area contributed by atoms with Crippen LogP contribution < -0.4 is 5.32 Å². The molecule has 104 valence electrons. The Kier molecular flexibility index (Phi) is 4.09. The topological polar surface area (TPSA) is 79.3 Å². The predicted molar refractivity (Wildman–Crippen MR) is 72.5 cm³/mol. The molecule has 0 radical (unpaired) electrons. The fraction of sp³-hybridized carbons (Fsp3) is 0.154. The Labute approximate surface area is 118 Å². The fourth-order valence-corrected chi connectivity index (χ4v) is 2.21. The first-order chi connectivity index (χ1) is 9.45. The zero-order valence-corrected chi connectivity index (χ0v) is 11.3. The maximum atomic E-state index is 13.6. The first kappa shape index (κ1) is 14.1. The zero-order chi connectivity index (χ0) is 14.7. The molecule has 1 aromatic heterocycles. The highest BCUT2D eigenvalue weighted by atomic mass is 32.1. The number of hydrogen-bond acceptors (Lipinski definition) is 4. The van der Waals surface area contributed by atoms with E-state index in [2.05, 4.69) is 10.3 Å². The predicted octanol–water partition coefficient (Wildman–Crippen LogP) is 2.47. The summed E-state index contributed by atoms with van der Waals surface area (Å²) in [6, 6.07) is 3.32. The van der Waals surface area contributed by atoms with E-state index in [4.69, 9.17) is 5.11 Å². The van der Waals surface area contributed by atoms with Crippen molar-refractivity contribution in [1.82, 2.24) is 4.98 Å². The molecule has 0 aliphatic carbocycles. The van der Waals surface area contributed by atoms with E-state index in [1.807, 2.05) is 6.92 Å². The standard InChI is InChI=1S/C13H11FN2O3S/c1-7-15-9(6-20-7)5-12(17)16-11-3-2-8(13(18)19)4-10(11)14/h2-4,6H,5H2,1H3,(H,16,17)(H,18,19). The molecule has 5 nitrogen and oxygen atoms in total. The number of aryl methyl sites for hydroxylation is 1. The quantitative estimate of drug-likeness (QED) is 0.908. The highest BCUT2D eigenvalue weighted by molar-refractivity contribution is 7.09. The number of rotatable bonds is 4. The molecule has 1 aromatic carbocycles. The molecule has 0 bridgehead atoms. The average molecular weight is 294 g/mol. The number of aromatic nitrogens is 1. The Morgan fingerprint density at radius 2 is 2.20 bits per heavy atom. The maximum absolute atomic E-state index is 13.6. The van der Waals surface area contributed by atoms with Gasteiger partial charge in [0.2, 0.25) is 5.91 Å². The van der Waals surface area contributed by atoms with Gasteiger partial charge in [-0.3, -0.25) is 4.79 Å². The summed E-state index contributed by atoms with van der Waals surface area (Å²) in [4.78, 5) is 26.5. The number of carboxylic acid groups (broad SMARTS) is 1. The number of amides is 1. The van der Waals surface area contributed by atoms with E-state index in [1.54, 1.807) is 5.38 Å². The lowest BCUT2D eigenvalue weighted by Crippen LogP contribution is -2.15. The molecule has 0 unspecified atom stereocenters. The normalized spacial score (nSPS) is 10.3. The summed E-state index contributed by atoms with van der Waals surface area (Å²) in [6.07, 6.45) is 0.0461. The largest absolute Gasteiger partial charge is 0.478 e. The minimum atomic E-state index is -1.22. The fourth-order valence-electron chi connectivity index (χ4n) is 1.60. The van der Waals surface area contributed by atoms with Crippen molar-refractivity contribution in [1.29, 1.82) is 0 Å². The van der Waals surface area contributed by atoms with Crippen LogP contribution in [0.1, 0.15) is 21.1 Å². The van der Waals surface area contributed by atoms with Crippen molar-refractivity contribution >= 4 is 28.9 Å². The minimum absolute atomic E-state index is 0.0461. The van der Waals surface area contributed by atoms with Crippen molar-refractivity contribution < 1.29 is 19.1 Å². The molecule has 2 rings (SSSR count). The summed E-state index contributed by atoms with van der Waals surface area (Å²) in [5.41, 5.74) is 0.398. The lowest BCUT2D eigenvalue weighted by molar-refractivity contribution is -0.115. The second-order valence-electron chi connectivity index (χ2n) is 4.08. The number of anilines is 1. The monoisotopic (exact) mass is 294 g/mol. The first-order valence-corrected chi connectivity index (χ1v) is 6.57. The van der Waals surface area contributed by atoms with Crippen LogP contribution in [-0.4, -0.2) is 22.0 Å². The number of carbonyl (C=O) groups excluding carboxylic acids is 1. The van der Waals surface area contributed by atoms with Crippen molar-refractivity contribution in [2.24, 2.45) is 0 Å². The Balaban J connectivity index is 2.06. The van der Waals surface area contributed by atoms with Gasteiger partial charge in [0.05, 0.1) is 28.4 Å². The van der Waals surface area contributed by atoms with Crippen molar-refractivity contribution in [2.75, 3.05) is 5.32 Å². The first-order valence-electron chi connectivity index (χ1n) is 5.69. The molecule has 20 heavy (non-hydrogen) atoms. The second kappa shape index (κ2) is 5.79. The zero-order valence-electron chi connectivity index (χ0n) is 10.5. The molecule has 2 aromatic rings. The van der Waals surface area contributed by atoms with Crippen molar-refractivity contribution in [3.8, 4) is 0 Å². The van der Waals surface area contributed by atoms with Crippen LogP contribution in [0.5, 0.6) is 0 Å². The van der Waals surface area contributed by atoms with Gasteiger partial charge in [0.1, 0.15) is 5.82 Å². The molecule has 1 amide bonds. The second-order valence-corrected chi connectivity index (χ2v) is 5.14.